The predicted molar refractivity (Wildman–Crippen MR) is 57.1 cm³/mol. The van der Waals surface area contributed by atoms with Crippen LogP contribution in [-0.4, -0.2) is 20.2 Å². The molecular weight excluding hydrogens is 283 g/mol. The molecule has 0 amide bonds. The normalized spacial score (nSPS) is 9.46. The van der Waals surface area contributed by atoms with E-state index in [2.05, 4.69) is 27.3 Å². The third kappa shape index (κ3) is 2.58. The highest BCUT2D eigenvalue weighted by atomic mass is 127. The summed E-state index contributed by atoms with van der Waals surface area (Å²) in [5, 5.41) is 0. The molecule has 1 rings (SSSR count). The maximum atomic E-state index is 11.2. The molecule has 0 saturated carbocycles. The fourth-order valence-corrected chi connectivity index (χ4v) is 1.56. The third-order valence-electron chi connectivity index (χ3n) is 1.53. The quantitative estimate of drug-likeness (QED) is 0.618. The molecule has 0 aliphatic carbocycles. The lowest BCUT2D eigenvalue weighted by Crippen LogP contribution is -2.01. The van der Waals surface area contributed by atoms with Crippen LogP contribution in [-0.2, 0) is 4.74 Å². The molecule has 0 saturated heterocycles. The summed E-state index contributed by atoms with van der Waals surface area (Å²) in [6, 6.07) is 5.23. The van der Waals surface area contributed by atoms with E-state index in [1.165, 1.54) is 7.11 Å². The lowest BCUT2D eigenvalue weighted by atomic mass is 10.2. The van der Waals surface area contributed by atoms with Crippen molar-refractivity contribution in [2.24, 2.45) is 0 Å². The van der Waals surface area contributed by atoms with Gasteiger partial charge in [0.05, 0.1) is 19.8 Å². The summed E-state index contributed by atoms with van der Waals surface area (Å²) in [6.07, 6.45) is 0. The average Bonchev–Trinajstić information content (AvgIpc) is 2.15. The Morgan fingerprint density at radius 1 is 1.31 bits per heavy atom. The second-order valence-electron chi connectivity index (χ2n) is 2.37. The van der Waals surface area contributed by atoms with Gasteiger partial charge in [0.15, 0.2) is 0 Å². The van der Waals surface area contributed by atoms with Gasteiger partial charge in [0.1, 0.15) is 5.75 Å². The Bertz CT molecular complexity index is 323. The third-order valence-corrected chi connectivity index (χ3v) is 2.15. The van der Waals surface area contributed by atoms with Gasteiger partial charge in [-0.3, -0.25) is 0 Å². The van der Waals surface area contributed by atoms with Crippen molar-refractivity contribution in [3.8, 4) is 5.75 Å². The molecule has 0 spiro atoms. The number of benzene rings is 1. The van der Waals surface area contributed by atoms with Crippen LogP contribution in [0.15, 0.2) is 18.2 Å². The van der Waals surface area contributed by atoms with Crippen molar-refractivity contribution < 1.29 is 14.3 Å². The Labute approximate surface area is 90.2 Å². The van der Waals surface area contributed by atoms with Crippen molar-refractivity contribution in [1.29, 1.82) is 0 Å². The summed E-state index contributed by atoms with van der Waals surface area (Å²) in [5.41, 5.74) is 0.506. The molecule has 13 heavy (non-hydrogen) atoms. The minimum absolute atomic E-state index is 0.350. The molecule has 0 fully saturated rings. The van der Waals surface area contributed by atoms with Crippen LogP contribution >= 0.6 is 22.6 Å². The first kappa shape index (κ1) is 10.3. The Hall–Kier alpha value is -0.780. The summed E-state index contributed by atoms with van der Waals surface area (Å²) >= 11 is 2.12. The van der Waals surface area contributed by atoms with Crippen molar-refractivity contribution in [3.05, 3.63) is 27.3 Å². The van der Waals surface area contributed by atoms with Gasteiger partial charge in [-0.25, -0.2) is 4.79 Å². The van der Waals surface area contributed by atoms with Gasteiger partial charge in [0.2, 0.25) is 0 Å². The fourth-order valence-electron chi connectivity index (χ4n) is 0.916. The highest BCUT2D eigenvalue weighted by Crippen LogP contribution is 2.18. The minimum Gasteiger partial charge on any atom is -0.497 e. The number of hydrogen-bond donors (Lipinski definition) is 0. The molecule has 3 nitrogen and oxygen atoms in total. The van der Waals surface area contributed by atoms with Gasteiger partial charge in [-0.2, -0.15) is 0 Å². The molecule has 4 heteroatoms. The second kappa shape index (κ2) is 4.45. The summed E-state index contributed by atoms with van der Waals surface area (Å²) in [4.78, 5) is 11.2. The first-order valence-electron chi connectivity index (χ1n) is 3.60. The Balaban J connectivity index is 3.08. The molecule has 0 radical (unpaired) electrons. The van der Waals surface area contributed by atoms with Crippen LogP contribution in [0.25, 0.3) is 0 Å². The van der Waals surface area contributed by atoms with E-state index in [1.54, 1.807) is 19.2 Å². The number of carbonyl (C=O) groups is 1. The largest absolute Gasteiger partial charge is 0.497 e. The molecule has 0 atom stereocenters. The van der Waals surface area contributed by atoms with Crippen molar-refractivity contribution in [2.75, 3.05) is 14.2 Å². The van der Waals surface area contributed by atoms with E-state index >= 15 is 0 Å². The van der Waals surface area contributed by atoms with Crippen molar-refractivity contribution in [2.45, 2.75) is 0 Å². The molecule has 0 unspecified atom stereocenters. The zero-order valence-electron chi connectivity index (χ0n) is 7.33. The van der Waals surface area contributed by atoms with E-state index in [9.17, 15) is 4.79 Å². The van der Waals surface area contributed by atoms with E-state index in [1.807, 2.05) is 6.07 Å². The van der Waals surface area contributed by atoms with Gasteiger partial charge in [-0.15, -0.1) is 0 Å². The van der Waals surface area contributed by atoms with E-state index < -0.39 is 0 Å². The molecule has 0 aromatic heterocycles. The molecule has 1 aromatic rings. The smallest absolute Gasteiger partial charge is 0.338 e. The van der Waals surface area contributed by atoms with Crippen LogP contribution in [0.5, 0.6) is 5.75 Å². The van der Waals surface area contributed by atoms with Gasteiger partial charge in [-0.05, 0) is 40.8 Å². The monoisotopic (exact) mass is 292 g/mol. The van der Waals surface area contributed by atoms with Gasteiger partial charge in [0.25, 0.3) is 0 Å². The molecule has 0 bridgehead atoms. The van der Waals surface area contributed by atoms with E-state index in [0.29, 0.717) is 11.3 Å². The van der Waals surface area contributed by atoms with Crippen LogP contribution in [0, 0.1) is 3.57 Å². The van der Waals surface area contributed by atoms with Crippen LogP contribution < -0.4 is 4.74 Å². The van der Waals surface area contributed by atoms with Gasteiger partial charge in [0, 0.05) is 3.57 Å². The van der Waals surface area contributed by atoms with E-state index in [4.69, 9.17) is 4.74 Å². The first-order chi connectivity index (χ1) is 6.17. The van der Waals surface area contributed by atoms with Gasteiger partial charge >= 0.3 is 5.97 Å². The summed E-state index contributed by atoms with van der Waals surface area (Å²) in [6.45, 7) is 0. The molecule has 1 aromatic carbocycles. The number of esters is 1. The van der Waals surface area contributed by atoms with Crippen LogP contribution in [0.2, 0.25) is 0 Å². The van der Waals surface area contributed by atoms with Crippen molar-refractivity contribution >= 4 is 28.6 Å². The van der Waals surface area contributed by atoms with E-state index in [0.717, 1.165) is 3.57 Å². The molecule has 0 N–H and O–H groups in total. The molecular formula is C9H9IO3. The van der Waals surface area contributed by atoms with Gasteiger partial charge in [-0.1, -0.05) is 0 Å². The lowest BCUT2D eigenvalue weighted by molar-refractivity contribution is 0.0600. The summed E-state index contributed by atoms with van der Waals surface area (Å²) in [5.74, 6) is 0.309. The van der Waals surface area contributed by atoms with Crippen LogP contribution in [0.4, 0.5) is 0 Å². The fraction of sp³-hybridized carbons (Fsp3) is 0.222. The Kier molecular flexibility index (Phi) is 3.53. The SMILES string of the molecule is COC(=O)c1cc(I)cc(OC)c1. The summed E-state index contributed by atoms with van der Waals surface area (Å²) < 4.78 is 10.6. The zero-order chi connectivity index (χ0) is 9.84. The van der Waals surface area contributed by atoms with E-state index in [-0.39, 0.29) is 5.97 Å². The average molecular weight is 292 g/mol. The maximum absolute atomic E-state index is 11.2. The topological polar surface area (TPSA) is 35.5 Å². The number of rotatable bonds is 2. The van der Waals surface area contributed by atoms with Crippen LogP contribution in [0.1, 0.15) is 10.4 Å². The van der Waals surface area contributed by atoms with Crippen molar-refractivity contribution in [1.82, 2.24) is 0 Å². The molecule has 0 aliphatic heterocycles. The number of halogens is 1. The molecule has 0 aliphatic rings. The number of methoxy groups -OCH3 is 2. The Morgan fingerprint density at radius 3 is 2.54 bits per heavy atom. The highest BCUT2D eigenvalue weighted by molar-refractivity contribution is 14.1. The highest BCUT2D eigenvalue weighted by Gasteiger charge is 2.07. The zero-order valence-corrected chi connectivity index (χ0v) is 9.49. The Morgan fingerprint density at radius 2 is 2.00 bits per heavy atom. The second-order valence-corrected chi connectivity index (χ2v) is 3.62. The standard InChI is InChI=1S/C9H9IO3/c1-12-8-4-6(9(11)13-2)3-7(10)5-8/h3-5H,1-2H3. The lowest BCUT2D eigenvalue weighted by Gasteiger charge is -2.03. The van der Waals surface area contributed by atoms with Crippen LogP contribution in [0.3, 0.4) is 0 Å². The minimum atomic E-state index is -0.350. The molecule has 0 heterocycles. The number of hydrogen-bond acceptors (Lipinski definition) is 3. The summed E-state index contributed by atoms with van der Waals surface area (Å²) in [7, 11) is 2.92. The number of carbonyl (C=O) groups excluding carboxylic acids is 1. The van der Waals surface area contributed by atoms with Gasteiger partial charge < -0.3 is 9.47 Å². The maximum Gasteiger partial charge on any atom is 0.338 e. The van der Waals surface area contributed by atoms with Crippen molar-refractivity contribution in [3.63, 3.8) is 0 Å². The first-order valence-corrected chi connectivity index (χ1v) is 4.68. The number of ether oxygens (including phenoxy) is 2. The molecule has 70 valence electrons. The predicted octanol–water partition coefficient (Wildman–Crippen LogP) is 2.09.